The number of ether oxygens (including phenoxy) is 3. The van der Waals surface area contributed by atoms with Gasteiger partial charge in [0.2, 0.25) is 0 Å². The summed E-state index contributed by atoms with van der Waals surface area (Å²) < 4.78 is 19.3. The van der Waals surface area contributed by atoms with E-state index < -0.39 is 22.8 Å². The molecule has 2 aromatic carbocycles. The van der Waals surface area contributed by atoms with Crippen LogP contribution >= 0.6 is 0 Å². The number of piperidine rings is 1. The number of fused-ring (bicyclic) bond motifs is 2. The number of benzene rings is 2. The highest BCUT2D eigenvalue weighted by atomic mass is 16.6. The van der Waals surface area contributed by atoms with E-state index >= 15 is 0 Å². The van der Waals surface area contributed by atoms with E-state index in [9.17, 15) is 19.2 Å². The number of hydrogen-bond donors (Lipinski definition) is 0. The molecule has 3 aromatic rings. The Kier molecular flexibility index (Phi) is 9.75. The summed E-state index contributed by atoms with van der Waals surface area (Å²) in [6.07, 6.45) is 2.50. The quantitative estimate of drug-likeness (QED) is 0.205. The van der Waals surface area contributed by atoms with Gasteiger partial charge in [-0.15, -0.1) is 0 Å². The predicted octanol–water partition coefficient (Wildman–Crippen LogP) is 6.74. The number of nitrogens with zero attached hydrogens (tertiary/aromatic N) is 2. The van der Waals surface area contributed by atoms with Crippen LogP contribution in [0.25, 0.3) is 11.1 Å². The van der Waals surface area contributed by atoms with Crippen LogP contribution in [0, 0.1) is 6.92 Å². The highest BCUT2D eigenvalue weighted by Crippen LogP contribution is 2.52. The van der Waals surface area contributed by atoms with E-state index in [2.05, 4.69) is 25.1 Å². The van der Waals surface area contributed by atoms with Crippen molar-refractivity contribution in [2.24, 2.45) is 7.05 Å². The lowest BCUT2D eigenvalue weighted by atomic mass is 9.71. The molecule has 0 bridgehead atoms. The van der Waals surface area contributed by atoms with Crippen molar-refractivity contribution >= 4 is 17.8 Å². The van der Waals surface area contributed by atoms with Gasteiger partial charge in [-0.3, -0.25) is 14.4 Å². The molecule has 9 heteroatoms. The predicted molar refractivity (Wildman–Crippen MR) is 184 cm³/mol. The fraction of sp³-hybridized carbons (Fsp3) is 0.487. The van der Waals surface area contributed by atoms with E-state index in [-0.39, 0.29) is 36.2 Å². The Morgan fingerprint density at radius 1 is 0.979 bits per heavy atom. The first-order chi connectivity index (χ1) is 22.5. The molecule has 1 fully saturated rings. The number of carbonyl (C=O) groups is 3. The molecule has 0 N–H and O–H groups in total. The Labute approximate surface area is 283 Å². The monoisotopic (exact) mass is 656 g/mol. The van der Waals surface area contributed by atoms with Gasteiger partial charge in [0.1, 0.15) is 29.0 Å². The molecule has 48 heavy (non-hydrogen) atoms. The van der Waals surface area contributed by atoms with Crippen LogP contribution in [0.15, 0.2) is 59.5 Å². The molecule has 2 aliphatic heterocycles. The van der Waals surface area contributed by atoms with Crippen molar-refractivity contribution in [3.05, 3.63) is 92.9 Å². The molecule has 0 unspecified atom stereocenters. The van der Waals surface area contributed by atoms with Crippen LogP contribution in [0.5, 0.6) is 0 Å². The van der Waals surface area contributed by atoms with Crippen LogP contribution in [0.3, 0.4) is 0 Å². The van der Waals surface area contributed by atoms with E-state index in [0.29, 0.717) is 32.5 Å². The number of Topliss-reactive ketones (excluding diaryl/α,β-unsaturated/α-hetero) is 1. The molecular formula is C39H48N2O7. The van der Waals surface area contributed by atoms with Gasteiger partial charge >= 0.3 is 12.1 Å². The Morgan fingerprint density at radius 2 is 1.69 bits per heavy atom. The summed E-state index contributed by atoms with van der Waals surface area (Å²) in [7, 11) is 1.74. The maximum Gasteiger partial charge on any atom is 0.410 e. The van der Waals surface area contributed by atoms with Crippen molar-refractivity contribution in [1.82, 2.24) is 9.47 Å². The molecule has 1 saturated heterocycles. The van der Waals surface area contributed by atoms with E-state index in [4.69, 9.17) is 14.2 Å². The summed E-state index contributed by atoms with van der Waals surface area (Å²) in [4.78, 5) is 52.7. The van der Waals surface area contributed by atoms with Crippen molar-refractivity contribution in [3.8, 4) is 11.1 Å². The lowest BCUT2D eigenvalue weighted by molar-refractivity contribution is -0.156. The zero-order chi connectivity index (χ0) is 35.0. The minimum Gasteiger partial charge on any atom is -0.460 e. The Hall–Kier alpha value is -4.24. The van der Waals surface area contributed by atoms with Gasteiger partial charge in [-0.25, -0.2) is 4.79 Å². The number of rotatable bonds is 7. The number of hydrogen-bond acceptors (Lipinski definition) is 7. The SMILES string of the molecule is Cc1cc(-c2ccccc2CCC(=O)CC(=O)OC(C)(C)C)ccc1[C@H]1CN(C(=O)OC(C)(C)C)CC[C@@]12OCc1cn(C)c(=O)cc12. The van der Waals surface area contributed by atoms with Crippen LogP contribution in [-0.4, -0.2) is 51.6 Å². The number of aryl methyl sites for hydroxylation is 3. The summed E-state index contributed by atoms with van der Waals surface area (Å²) in [6.45, 7) is 14.2. The van der Waals surface area contributed by atoms with Crippen molar-refractivity contribution in [3.63, 3.8) is 0 Å². The van der Waals surface area contributed by atoms with Gasteiger partial charge in [-0.1, -0.05) is 42.5 Å². The zero-order valence-corrected chi connectivity index (χ0v) is 29.5. The second-order valence-electron chi connectivity index (χ2n) is 15.1. The van der Waals surface area contributed by atoms with Gasteiger partial charge in [-0.05, 0) is 94.7 Å². The lowest BCUT2D eigenvalue weighted by Gasteiger charge is -2.46. The summed E-state index contributed by atoms with van der Waals surface area (Å²) in [6, 6.07) is 16.0. The molecule has 1 spiro atoms. The molecule has 3 heterocycles. The van der Waals surface area contributed by atoms with Crippen LogP contribution in [0.1, 0.15) is 94.5 Å². The summed E-state index contributed by atoms with van der Waals surface area (Å²) >= 11 is 0. The molecule has 5 rings (SSSR count). The zero-order valence-electron chi connectivity index (χ0n) is 29.5. The number of likely N-dealkylation sites (tertiary alicyclic amines) is 1. The average Bonchev–Trinajstić information content (AvgIpc) is 3.31. The molecule has 2 aliphatic rings. The lowest BCUT2D eigenvalue weighted by Crippen LogP contribution is -2.51. The number of ketones is 1. The highest BCUT2D eigenvalue weighted by molar-refractivity contribution is 5.95. The summed E-state index contributed by atoms with van der Waals surface area (Å²) in [5.74, 6) is -0.914. The average molecular weight is 657 g/mol. The van der Waals surface area contributed by atoms with Crippen LogP contribution in [0.2, 0.25) is 0 Å². The molecule has 0 aliphatic carbocycles. The van der Waals surface area contributed by atoms with Crippen LogP contribution in [0.4, 0.5) is 4.79 Å². The van der Waals surface area contributed by atoms with Gasteiger partial charge < -0.3 is 23.7 Å². The van der Waals surface area contributed by atoms with Crippen molar-refractivity contribution in [1.29, 1.82) is 0 Å². The smallest absolute Gasteiger partial charge is 0.410 e. The van der Waals surface area contributed by atoms with Crippen molar-refractivity contribution < 1.29 is 28.6 Å². The number of aromatic nitrogens is 1. The standard InChI is InChI=1S/C39H48N2O7/c1-25-19-27(31-12-10-9-11-26(31)13-15-29(42)20-35(44)47-37(2,3)4)14-16-30(25)33-23-41(36(45)48-38(5,6)7)18-17-39(33)32-21-34(43)40(8)22-28(32)24-46-39/h9-12,14,16,19,21-22,33H,13,15,17-18,20,23-24H2,1-8H3/t33-,39+/m1/s1. The van der Waals surface area contributed by atoms with Crippen LogP contribution in [-0.2, 0) is 49.5 Å². The van der Waals surface area contributed by atoms with Gasteiger partial charge in [0.25, 0.3) is 5.56 Å². The van der Waals surface area contributed by atoms with E-state index in [0.717, 1.165) is 38.9 Å². The topological polar surface area (TPSA) is 104 Å². The third-order valence-electron chi connectivity index (χ3n) is 9.03. The first-order valence-electron chi connectivity index (χ1n) is 16.7. The molecule has 1 amide bonds. The third-order valence-corrected chi connectivity index (χ3v) is 9.03. The first kappa shape index (κ1) is 35.1. The molecule has 256 valence electrons. The fourth-order valence-corrected chi connectivity index (χ4v) is 6.90. The maximum atomic E-state index is 13.3. The summed E-state index contributed by atoms with van der Waals surface area (Å²) in [5.41, 5.74) is 4.83. The van der Waals surface area contributed by atoms with Crippen molar-refractivity contribution in [2.75, 3.05) is 13.1 Å². The Balaban J connectivity index is 1.44. The number of esters is 1. The Bertz CT molecular complexity index is 1780. The molecule has 1 aromatic heterocycles. The molecule has 9 nitrogen and oxygen atoms in total. The highest BCUT2D eigenvalue weighted by Gasteiger charge is 2.52. The second-order valence-corrected chi connectivity index (χ2v) is 15.1. The largest absolute Gasteiger partial charge is 0.460 e. The van der Waals surface area contributed by atoms with Crippen molar-refractivity contribution in [2.45, 2.75) is 103 Å². The number of amides is 1. The summed E-state index contributed by atoms with van der Waals surface area (Å²) in [5, 5.41) is 0. The molecular weight excluding hydrogens is 608 g/mol. The van der Waals surface area contributed by atoms with Gasteiger partial charge in [-0.2, -0.15) is 0 Å². The number of pyridine rings is 1. The van der Waals surface area contributed by atoms with Crippen LogP contribution < -0.4 is 5.56 Å². The van der Waals surface area contributed by atoms with E-state index in [1.54, 1.807) is 43.4 Å². The van der Waals surface area contributed by atoms with Gasteiger partial charge in [0.05, 0.1) is 6.61 Å². The van der Waals surface area contributed by atoms with E-state index in [1.165, 1.54) is 0 Å². The normalized spacial score (nSPS) is 19.2. The molecule has 2 atom stereocenters. The minimum atomic E-state index is -0.764. The van der Waals surface area contributed by atoms with Gasteiger partial charge in [0.15, 0.2) is 0 Å². The minimum absolute atomic E-state index is 0.0970. The fourth-order valence-electron chi connectivity index (χ4n) is 6.90. The third kappa shape index (κ3) is 7.73. The Morgan fingerprint density at radius 3 is 2.38 bits per heavy atom. The molecule has 0 radical (unpaired) electrons. The maximum absolute atomic E-state index is 13.3. The van der Waals surface area contributed by atoms with E-state index in [1.807, 2.05) is 51.2 Å². The first-order valence-corrected chi connectivity index (χ1v) is 16.7. The number of carbonyl (C=O) groups excluding carboxylic acids is 3. The van der Waals surface area contributed by atoms with Gasteiger partial charge in [0, 0.05) is 50.3 Å². The molecule has 0 saturated carbocycles. The second kappa shape index (κ2) is 13.3.